The molecule has 0 aliphatic carbocycles. The molecule has 112 valence electrons. The summed E-state index contributed by atoms with van der Waals surface area (Å²) in [6.45, 7) is 5.86. The molecule has 0 spiro atoms. The molecule has 1 aromatic carbocycles. The zero-order chi connectivity index (χ0) is 15.6. The van der Waals surface area contributed by atoms with Gasteiger partial charge in [-0.25, -0.2) is 13.2 Å². The minimum absolute atomic E-state index is 0.0401. The molecule has 0 radical (unpaired) electrons. The fraction of sp³-hybridized carbons (Fsp3) is 0.462. The average molecular weight is 411 g/mol. The van der Waals surface area contributed by atoms with E-state index in [1.165, 1.54) is 12.1 Å². The fourth-order valence-electron chi connectivity index (χ4n) is 1.44. The fourth-order valence-corrected chi connectivity index (χ4v) is 3.43. The van der Waals surface area contributed by atoms with Crippen molar-refractivity contribution in [3.8, 4) is 0 Å². The number of hydrogen-bond acceptors (Lipinski definition) is 3. The van der Waals surface area contributed by atoms with E-state index in [1.54, 1.807) is 6.07 Å². The van der Waals surface area contributed by atoms with Gasteiger partial charge >= 0.3 is 5.97 Å². The Morgan fingerprint density at radius 3 is 2.45 bits per heavy atom. The van der Waals surface area contributed by atoms with Crippen molar-refractivity contribution >= 4 is 44.3 Å². The number of anilines is 1. The topological polar surface area (TPSA) is 83.5 Å². The van der Waals surface area contributed by atoms with Crippen molar-refractivity contribution in [2.24, 2.45) is 5.41 Å². The molecule has 7 heteroatoms. The third kappa shape index (κ3) is 5.66. The molecule has 20 heavy (non-hydrogen) atoms. The lowest BCUT2D eigenvalue weighted by atomic mass is 9.94. The van der Waals surface area contributed by atoms with Gasteiger partial charge in [0.2, 0.25) is 10.0 Å². The van der Waals surface area contributed by atoms with Crippen LogP contribution in [0.5, 0.6) is 0 Å². The molecule has 2 N–H and O–H groups in total. The monoisotopic (exact) mass is 411 g/mol. The van der Waals surface area contributed by atoms with Gasteiger partial charge in [0.15, 0.2) is 0 Å². The van der Waals surface area contributed by atoms with Crippen LogP contribution >= 0.6 is 22.6 Å². The number of aromatic carboxylic acids is 1. The van der Waals surface area contributed by atoms with Crippen LogP contribution in [-0.4, -0.2) is 25.2 Å². The van der Waals surface area contributed by atoms with Crippen LogP contribution < -0.4 is 4.72 Å². The predicted octanol–water partition coefficient (Wildman–Crippen LogP) is 3.17. The van der Waals surface area contributed by atoms with Crippen molar-refractivity contribution in [1.29, 1.82) is 0 Å². The molecule has 0 aliphatic heterocycles. The third-order valence-corrected chi connectivity index (χ3v) is 4.54. The van der Waals surface area contributed by atoms with E-state index in [-0.39, 0.29) is 22.4 Å². The van der Waals surface area contributed by atoms with Crippen LogP contribution in [0.25, 0.3) is 0 Å². The minimum Gasteiger partial charge on any atom is -0.478 e. The maximum absolute atomic E-state index is 12.0. The Kier molecular flexibility index (Phi) is 5.42. The number of carbonyl (C=O) groups is 1. The molecule has 5 nitrogen and oxygen atoms in total. The van der Waals surface area contributed by atoms with Gasteiger partial charge in [0, 0.05) is 3.57 Å². The van der Waals surface area contributed by atoms with Crippen LogP contribution in [0.2, 0.25) is 0 Å². The average Bonchev–Trinajstić information content (AvgIpc) is 2.28. The summed E-state index contributed by atoms with van der Waals surface area (Å²) in [6.07, 6.45) is 0.495. The van der Waals surface area contributed by atoms with Gasteiger partial charge in [-0.15, -0.1) is 0 Å². The van der Waals surface area contributed by atoms with Crippen molar-refractivity contribution in [3.63, 3.8) is 0 Å². The smallest absolute Gasteiger partial charge is 0.337 e. The second-order valence-corrected chi connectivity index (χ2v) is 8.81. The quantitative estimate of drug-likeness (QED) is 0.730. The minimum atomic E-state index is -3.55. The van der Waals surface area contributed by atoms with Crippen molar-refractivity contribution < 1.29 is 18.3 Å². The summed E-state index contributed by atoms with van der Waals surface area (Å²) < 4.78 is 27.1. The first-order chi connectivity index (χ1) is 9.00. The van der Waals surface area contributed by atoms with Gasteiger partial charge < -0.3 is 5.11 Å². The molecular formula is C13H18INO4S. The van der Waals surface area contributed by atoms with E-state index in [9.17, 15) is 13.2 Å². The number of rotatable bonds is 5. The number of halogens is 1. The molecule has 0 heterocycles. The Labute approximate surface area is 133 Å². The first-order valence-corrected chi connectivity index (χ1v) is 8.77. The van der Waals surface area contributed by atoms with E-state index in [4.69, 9.17) is 5.11 Å². The molecule has 0 amide bonds. The summed E-state index contributed by atoms with van der Waals surface area (Å²) in [7, 11) is -3.55. The molecule has 0 saturated heterocycles. The van der Waals surface area contributed by atoms with E-state index in [2.05, 4.69) is 4.72 Å². The van der Waals surface area contributed by atoms with Crippen LogP contribution in [0.15, 0.2) is 18.2 Å². The zero-order valence-electron chi connectivity index (χ0n) is 11.6. The molecule has 0 aromatic heterocycles. The van der Waals surface area contributed by atoms with E-state index < -0.39 is 16.0 Å². The van der Waals surface area contributed by atoms with Crippen LogP contribution in [0.4, 0.5) is 5.69 Å². The van der Waals surface area contributed by atoms with Gasteiger partial charge in [-0.1, -0.05) is 20.8 Å². The molecule has 1 aromatic rings. The molecule has 0 aliphatic rings. The highest BCUT2D eigenvalue weighted by Gasteiger charge is 2.20. The Hall–Kier alpha value is -0.830. The van der Waals surface area contributed by atoms with Gasteiger partial charge in [0.1, 0.15) is 0 Å². The molecule has 0 unspecified atom stereocenters. The van der Waals surface area contributed by atoms with Crippen molar-refractivity contribution in [2.75, 3.05) is 10.5 Å². The number of benzene rings is 1. The predicted molar refractivity (Wildman–Crippen MR) is 87.6 cm³/mol. The largest absolute Gasteiger partial charge is 0.478 e. The van der Waals surface area contributed by atoms with Crippen LogP contribution in [0, 0.1) is 8.99 Å². The highest BCUT2D eigenvalue weighted by molar-refractivity contribution is 14.1. The summed E-state index contributed by atoms with van der Waals surface area (Å²) in [6, 6.07) is 4.57. The number of carboxylic acid groups (broad SMARTS) is 1. The van der Waals surface area contributed by atoms with Gasteiger partial charge in [0.05, 0.1) is 17.0 Å². The SMILES string of the molecule is CC(C)(C)CCS(=O)(=O)Nc1ccc(I)cc1C(=O)O. The summed E-state index contributed by atoms with van der Waals surface area (Å²) >= 11 is 1.98. The van der Waals surface area contributed by atoms with Crippen molar-refractivity contribution in [3.05, 3.63) is 27.3 Å². The third-order valence-electron chi connectivity index (χ3n) is 2.60. The van der Waals surface area contributed by atoms with E-state index >= 15 is 0 Å². The van der Waals surface area contributed by atoms with Gasteiger partial charge in [0.25, 0.3) is 0 Å². The molecule has 0 atom stereocenters. The van der Waals surface area contributed by atoms with Gasteiger partial charge in [-0.05, 0) is 52.6 Å². The number of nitrogens with one attached hydrogen (secondary N) is 1. The molecule has 0 bridgehead atoms. The maximum Gasteiger partial charge on any atom is 0.337 e. The molecular weight excluding hydrogens is 393 g/mol. The second-order valence-electron chi connectivity index (χ2n) is 5.73. The molecule has 1 rings (SSSR count). The standard InChI is InChI=1S/C13H18INO4S/c1-13(2,3)6-7-20(18,19)15-11-5-4-9(14)8-10(11)12(16)17/h4-5,8,15H,6-7H2,1-3H3,(H,16,17). The molecule has 0 fully saturated rings. The first kappa shape index (κ1) is 17.2. The lowest BCUT2D eigenvalue weighted by Crippen LogP contribution is -2.22. The van der Waals surface area contributed by atoms with Crippen molar-refractivity contribution in [1.82, 2.24) is 0 Å². The summed E-state index contributed by atoms with van der Waals surface area (Å²) in [5, 5.41) is 9.11. The van der Waals surface area contributed by atoms with E-state index in [1.807, 2.05) is 43.4 Å². The molecule has 0 saturated carbocycles. The number of sulfonamides is 1. The lowest BCUT2D eigenvalue weighted by Gasteiger charge is -2.18. The number of carboxylic acids is 1. The Morgan fingerprint density at radius 2 is 1.95 bits per heavy atom. The summed E-state index contributed by atoms with van der Waals surface area (Å²) in [5.74, 6) is -1.20. The van der Waals surface area contributed by atoms with Crippen LogP contribution in [0.1, 0.15) is 37.6 Å². The van der Waals surface area contributed by atoms with Crippen LogP contribution in [-0.2, 0) is 10.0 Å². The number of hydrogen-bond donors (Lipinski definition) is 2. The van der Waals surface area contributed by atoms with E-state index in [0.717, 1.165) is 3.57 Å². The van der Waals surface area contributed by atoms with Gasteiger partial charge in [-0.2, -0.15) is 0 Å². The van der Waals surface area contributed by atoms with Crippen molar-refractivity contribution in [2.45, 2.75) is 27.2 Å². The zero-order valence-corrected chi connectivity index (χ0v) is 14.6. The van der Waals surface area contributed by atoms with Gasteiger partial charge in [-0.3, -0.25) is 4.72 Å². The highest BCUT2D eigenvalue weighted by atomic mass is 127. The summed E-state index contributed by atoms with van der Waals surface area (Å²) in [5.41, 5.74) is -0.0424. The highest BCUT2D eigenvalue weighted by Crippen LogP contribution is 2.23. The normalized spacial score (nSPS) is 12.2. The van der Waals surface area contributed by atoms with Crippen LogP contribution in [0.3, 0.4) is 0 Å². The summed E-state index contributed by atoms with van der Waals surface area (Å²) in [4.78, 5) is 11.1. The Bertz CT molecular complexity index is 605. The van der Waals surface area contributed by atoms with E-state index in [0.29, 0.717) is 6.42 Å². The Morgan fingerprint density at radius 1 is 1.35 bits per heavy atom. The second kappa shape index (κ2) is 6.30. The lowest BCUT2D eigenvalue weighted by molar-refractivity contribution is 0.0698. The first-order valence-electron chi connectivity index (χ1n) is 6.03. The Balaban J connectivity index is 2.95. The maximum atomic E-state index is 12.0.